The van der Waals surface area contributed by atoms with Crippen molar-refractivity contribution in [2.75, 3.05) is 5.43 Å². The molecule has 0 saturated heterocycles. The Balaban J connectivity index is 1.63. The summed E-state index contributed by atoms with van der Waals surface area (Å²) in [6, 6.07) is 16.8. The van der Waals surface area contributed by atoms with Gasteiger partial charge in [0.1, 0.15) is 11.5 Å². The SMILES string of the molecule is Cc1nnc(SC2C(=O)ON=C2c2ccccc2Cl)n1Nc1ccccc1. The number of aryl methyl sites for hydroxylation is 1. The van der Waals surface area contributed by atoms with Crippen molar-refractivity contribution in [2.24, 2.45) is 5.16 Å². The van der Waals surface area contributed by atoms with Gasteiger partial charge in [-0.1, -0.05) is 64.9 Å². The van der Waals surface area contributed by atoms with Crippen LogP contribution in [-0.4, -0.2) is 31.8 Å². The van der Waals surface area contributed by atoms with Gasteiger partial charge in [0, 0.05) is 10.6 Å². The van der Waals surface area contributed by atoms with Crippen molar-refractivity contribution in [3.05, 3.63) is 71.0 Å². The van der Waals surface area contributed by atoms with Gasteiger partial charge in [-0.3, -0.25) is 5.43 Å². The van der Waals surface area contributed by atoms with Crippen LogP contribution in [0, 0.1) is 6.92 Å². The highest BCUT2D eigenvalue weighted by atomic mass is 35.5. The van der Waals surface area contributed by atoms with Crippen molar-refractivity contribution < 1.29 is 9.63 Å². The molecule has 1 aliphatic heterocycles. The average Bonchev–Trinajstić information content (AvgIpc) is 3.21. The Morgan fingerprint density at radius 3 is 2.63 bits per heavy atom. The molecule has 2 aromatic carbocycles. The number of oxime groups is 1. The number of nitrogens with zero attached hydrogens (tertiary/aromatic N) is 4. The molecule has 1 atom stereocenters. The summed E-state index contributed by atoms with van der Waals surface area (Å²) in [5.74, 6) is 0.186. The zero-order chi connectivity index (χ0) is 18.8. The zero-order valence-electron chi connectivity index (χ0n) is 14.2. The molecule has 0 spiro atoms. The van der Waals surface area contributed by atoms with E-state index in [2.05, 4.69) is 20.8 Å². The van der Waals surface area contributed by atoms with Crippen LogP contribution in [0.25, 0.3) is 0 Å². The van der Waals surface area contributed by atoms with Crippen LogP contribution < -0.4 is 5.43 Å². The third kappa shape index (κ3) is 3.54. The lowest BCUT2D eigenvalue weighted by molar-refractivity contribution is -0.139. The Labute approximate surface area is 164 Å². The van der Waals surface area contributed by atoms with Crippen LogP contribution in [0.15, 0.2) is 64.9 Å². The summed E-state index contributed by atoms with van der Waals surface area (Å²) < 4.78 is 1.72. The molecule has 3 aromatic rings. The van der Waals surface area contributed by atoms with E-state index in [-0.39, 0.29) is 0 Å². The van der Waals surface area contributed by atoms with Crippen LogP contribution >= 0.6 is 23.4 Å². The summed E-state index contributed by atoms with van der Waals surface area (Å²) in [4.78, 5) is 17.2. The van der Waals surface area contributed by atoms with Gasteiger partial charge in [0.25, 0.3) is 0 Å². The van der Waals surface area contributed by atoms with Crippen LogP contribution in [0.3, 0.4) is 0 Å². The van der Waals surface area contributed by atoms with E-state index in [0.717, 1.165) is 5.69 Å². The Bertz CT molecular complexity index is 1020. The van der Waals surface area contributed by atoms with Gasteiger partial charge >= 0.3 is 5.97 Å². The second-order valence-electron chi connectivity index (χ2n) is 5.71. The highest BCUT2D eigenvalue weighted by molar-refractivity contribution is 8.01. The van der Waals surface area contributed by atoms with Crippen LogP contribution in [0.1, 0.15) is 11.4 Å². The number of anilines is 1. The van der Waals surface area contributed by atoms with Gasteiger partial charge in [0.15, 0.2) is 5.25 Å². The molecule has 2 heterocycles. The Hall–Kier alpha value is -2.84. The lowest BCUT2D eigenvalue weighted by Crippen LogP contribution is -2.24. The van der Waals surface area contributed by atoms with Gasteiger partial charge in [-0.2, -0.15) is 0 Å². The number of aromatic nitrogens is 3. The molecule has 27 heavy (non-hydrogen) atoms. The number of thioether (sulfide) groups is 1. The van der Waals surface area contributed by atoms with Crippen molar-refractivity contribution in [2.45, 2.75) is 17.3 Å². The quantitative estimate of drug-likeness (QED) is 0.661. The molecule has 0 fully saturated rings. The molecule has 4 rings (SSSR count). The maximum Gasteiger partial charge on any atom is 0.354 e. The second kappa shape index (κ2) is 7.42. The van der Waals surface area contributed by atoms with E-state index < -0.39 is 11.2 Å². The van der Waals surface area contributed by atoms with Crippen LogP contribution in [-0.2, 0) is 9.63 Å². The summed E-state index contributed by atoms with van der Waals surface area (Å²) in [7, 11) is 0. The van der Waals surface area contributed by atoms with Gasteiger partial charge in [0.2, 0.25) is 5.16 Å². The average molecular weight is 400 g/mol. The minimum absolute atomic E-state index is 0.461. The molecule has 136 valence electrons. The Morgan fingerprint density at radius 1 is 1.11 bits per heavy atom. The first kappa shape index (κ1) is 17.6. The first-order chi connectivity index (χ1) is 13.1. The number of para-hydroxylation sites is 1. The largest absolute Gasteiger partial charge is 0.354 e. The second-order valence-corrected chi connectivity index (χ2v) is 7.19. The number of benzene rings is 2. The fourth-order valence-electron chi connectivity index (χ4n) is 2.56. The predicted molar refractivity (Wildman–Crippen MR) is 104 cm³/mol. The summed E-state index contributed by atoms with van der Waals surface area (Å²) >= 11 is 7.46. The van der Waals surface area contributed by atoms with Crippen molar-refractivity contribution in [3.8, 4) is 0 Å². The van der Waals surface area contributed by atoms with E-state index in [1.165, 1.54) is 11.8 Å². The lowest BCUT2D eigenvalue weighted by Gasteiger charge is -2.13. The third-order valence-electron chi connectivity index (χ3n) is 3.88. The van der Waals surface area contributed by atoms with E-state index in [1.807, 2.05) is 49.4 Å². The molecule has 0 saturated carbocycles. The smallest absolute Gasteiger partial charge is 0.316 e. The summed E-state index contributed by atoms with van der Waals surface area (Å²) in [6.07, 6.45) is 0. The topological polar surface area (TPSA) is 81.4 Å². The normalized spacial score (nSPS) is 16.1. The fourth-order valence-corrected chi connectivity index (χ4v) is 3.80. The van der Waals surface area contributed by atoms with Crippen molar-refractivity contribution in [1.82, 2.24) is 14.9 Å². The van der Waals surface area contributed by atoms with E-state index >= 15 is 0 Å². The summed E-state index contributed by atoms with van der Waals surface area (Å²) in [5.41, 5.74) is 5.21. The van der Waals surface area contributed by atoms with Gasteiger partial charge in [0.05, 0.1) is 5.69 Å². The minimum atomic E-state index is -0.690. The molecular weight excluding hydrogens is 386 g/mol. The fraction of sp³-hybridized carbons (Fsp3) is 0.111. The first-order valence-electron chi connectivity index (χ1n) is 8.08. The Kier molecular flexibility index (Phi) is 4.83. The van der Waals surface area contributed by atoms with Crippen LogP contribution in [0.4, 0.5) is 5.69 Å². The molecule has 1 N–H and O–H groups in total. The molecule has 7 nitrogen and oxygen atoms in total. The van der Waals surface area contributed by atoms with E-state index in [1.54, 1.807) is 16.8 Å². The van der Waals surface area contributed by atoms with Gasteiger partial charge in [-0.15, -0.1) is 10.2 Å². The molecular formula is C18H14ClN5O2S. The monoisotopic (exact) mass is 399 g/mol. The van der Waals surface area contributed by atoms with E-state index in [9.17, 15) is 4.79 Å². The number of hydrogen-bond donors (Lipinski definition) is 1. The summed E-state index contributed by atoms with van der Waals surface area (Å²) in [6.45, 7) is 1.82. The van der Waals surface area contributed by atoms with E-state index in [4.69, 9.17) is 16.4 Å². The van der Waals surface area contributed by atoms with Crippen LogP contribution in [0.5, 0.6) is 0 Å². The number of nitrogens with one attached hydrogen (secondary N) is 1. The van der Waals surface area contributed by atoms with Gasteiger partial charge in [-0.05, 0) is 25.1 Å². The maximum absolute atomic E-state index is 12.3. The zero-order valence-corrected chi connectivity index (χ0v) is 15.7. The molecule has 0 bridgehead atoms. The number of hydrogen-bond acceptors (Lipinski definition) is 7. The molecule has 0 amide bonds. The molecule has 1 aliphatic rings. The third-order valence-corrected chi connectivity index (χ3v) is 5.34. The van der Waals surface area contributed by atoms with Crippen molar-refractivity contribution >= 4 is 40.7 Å². The summed E-state index contributed by atoms with van der Waals surface area (Å²) in [5, 5.41) is 12.5. The predicted octanol–water partition coefficient (Wildman–Crippen LogP) is 3.54. The number of halogens is 1. The van der Waals surface area contributed by atoms with Crippen molar-refractivity contribution in [3.63, 3.8) is 0 Å². The van der Waals surface area contributed by atoms with Gasteiger partial charge < -0.3 is 4.84 Å². The molecule has 0 radical (unpaired) electrons. The number of carbonyl (C=O) groups excluding carboxylic acids is 1. The molecule has 1 unspecified atom stereocenters. The molecule has 9 heteroatoms. The number of rotatable bonds is 5. The van der Waals surface area contributed by atoms with Crippen molar-refractivity contribution in [1.29, 1.82) is 0 Å². The number of carbonyl (C=O) groups is 1. The van der Waals surface area contributed by atoms with Gasteiger partial charge in [-0.25, -0.2) is 9.47 Å². The van der Waals surface area contributed by atoms with Crippen LogP contribution in [0.2, 0.25) is 5.02 Å². The standard InChI is InChI=1S/C18H14ClN5O2S/c1-11-20-21-18(24(11)22-12-7-3-2-4-8-12)27-16-15(23-26-17(16)25)13-9-5-6-10-14(13)19/h2-10,16,22H,1H3. The Morgan fingerprint density at radius 2 is 1.85 bits per heavy atom. The van der Waals surface area contributed by atoms with E-state index in [0.29, 0.717) is 27.3 Å². The minimum Gasteiger partial charge on any atom is -0.316 e. The highest BCUT2D eigenvalue weighted by Gasteiger charge is 2.37. The lowest BCUT2D eigenvalue weighted by atomic mass is 10.1. The first-order valence-corrected chi connectivity index (χ1v) is 9.33. The maximum atomic E-state index is 12.3. The highest BCUT2D eigenvalue weighted by Crippen LogP contribution is 2.32. The molecule has 0 aliphatic carbocycles. The molecule has 1 aromatic heterocycles.